The normalized spacial score (nSPS) is 29.7. The maximum atomic E-state index is 12.7. The van der Waals surface area contributed by atoms with Gasteiger partial charge in [0.05, 0.1) is 18.7 Å². The van der Waals surface area contributed by atoms with Gasteiger partial charge in [0.2, 0.25) is 11.8 Å². The van der Waals surface area contributed by atoms with E-state index in [1.165, 1.54) is 44.7 Å². The lowest BCUT2D eigenvalue weighted by atomic mass is 9.49. The third-order valence-corrected chi connectivity index (χ3v) is 8.35. The standard InChI is InChI=1S/C26H36N4O4/c1-2-34-25(33)21-3-4-22(27-16-21)29-5-7-30(8-6-29)24(32)17-28-23(31)15-26-12-18-9-19(13-26)11-20(10-18)14-26/h3-4,16,18-20H,2,5-15,17H2,1H3,(H,28,31). The van der Waals surface area contributed by atoms with Gasteiger partial charge in [-0.1, -0.05) is 0 Å². The van der Waals surface area contributed by atoms with Crippen molar-refractivity contribution in [3.63, 3.8) is 0 Å². The molecule has 0 unspecified atom stereocenters. The van der Waals surface area contributed by atoms with Gasteiger partial charge in [0, 0.05) is 38.8 Å². The summed E-state index contributed by atoms with van der Waals surface area (Å²) in [7, 11) is 0. The van der Waals surface area contributed by atoms with Crippen molar-refractivity contribution in [1.29, 1.82) is 0 Å². The van der Waals surface area contributed by atoms with Crippen LogP contribution in [-0.2, 0) is 14.3 Å². The first-order valence-corrected chi connectivity index (χ1v) is 12.9. The summed E-state index contributed by atoms with van der Waals surface area (Å²) in [5.74, 6) is 2.91. The summed E-state index contributed by atoms with van der Waals surface area (Å²) < 4.78 is 5.00. The highest BCUT2D eigenvalue weighted by Crippen LogP contribution is 2.61. The van der Waals surface area contributed by atoms with Gasteiger partial charge in [-0.3, -0.25) is 9.59 Å². The summed E-state index contributed by atoms with van der Waals surface area (Å²) in [4.78, 5) is 45.5. The summed E-state index contributed by atoms with van der Waals surface area (Å²) in [5, 5.41) is 2.92. The van der Waals surface area contributed by atoms with Crippen molar-refractivity contribution in [3.8, 4) is 0 Å². The molecule has 2 amide bonds. The summed E-state index contributed by atoms with van der Waals surface area (Å²) >= 11 is 0. The number of ether oxygens (including phenoxy) is 1. The second-order valence-electron chi connectivity index (χ2n) is 10.9. The second-order valence-corrected chi connectivity index (χ2v) is 10.9. The molecule has 1 aliphatic heterocycles. The monoisotopic (exact) mass is 468 g/mol. The summed E-state index contributed by atoms with van der Waals surface area (Å²) in [6.45, 7) is 4.69. The Morgan fingerprint density at radius 2 is 1.68 bits per heavy atom. The molecule has 0 atom stereocenters. The summed E-state index contributed by atoms with van der Waals surface area (Å²) in [5.41, 5.74) is 0.632. The van der Waals surface area contributed by atoms with E-state index >= 15 is 0 Å². The van der Waals surface area contributed by atoms with Crippen molar-refractivity contribution in [2.45, 2.75) is 51.9 Å². The number of rotatable bonds is 7. The molecule has 184 valence electrons. The number of nitrogens with zero attached hydrogens (tertiary/aromatic N) is 3. The maximum absolute atomic E-state index is 12.7. The molecular weight excluding hydrogens is 432 g/mol. The lowest BCUT2D eigenvalue weighted by Gasteiger charge is -2.56. The van der Waals surface area contributed by atoms with Gasteiger partial charge in [-0.25, -0.2) is 9.78 Å². The van der Waals surface area contributed by atoms with E-state index in [2.05, 4.69) is 15.2 Å². The van der Waals surface area contributed by atoms with E-state index in [1.807, 2.05) is 11.0 Å². The molecular formula is C26H36N4O4. The molecule has 0 radical (unpaired) electrons. The Kier molecular flexibility index (Phi) is 6.49. The molecule has 1 aromatic heterocycles. The third-order valence-electron chi connectivity index (χ3n) is 8.35. The SMILES string of the molecule is CCOC(=O)c1ccc(N2CCN(C(=O)CNC(=O)CC34CC5CC(CC(C5)C3)C4)CC2)nc1. The highest BCUT2D eigenvalue weighted by Gasteiger charge is 2.51. The molecule has 6 rings (SSSR count). The van der Waals surface area contributed by atoms with E-state index in [0.717, 1.165) is 23.6 Å². The fraction of sp³-hybridized carbons (Fsp3) is 0.692. The number of nitrogens with one attached hydrogen (secondary N) is 1. The molecule has 5 aliphatic rings. The Morgan fingerprint density at radius 1 is 1.03 bits per heavy atom. The molecule has 2 heterocycles. The minimum absolute atomic E-state index is 0.0240. The van der Waals surface area contributed by atoms with Crippen LogP contribution in [-0.4, -0.2) is 67.0 Å². The van der Waals surface area contributed by atoms with Crippen LogP contribution in [0.5, 0.6) is 0 Å². The Hall–Kier alpha value is -2.64. The molecule has 4 bridgehead atoms. The number of piperazine rings is 1. The molecule has 34 heavy (non-hydrogen) atoms. The van der Waals surface area contributed by atoms with Crippen molar-refractivity contribution in [1.82, 2.24) is 15.2 Å². The Labute approximate surface area is 201 Å². The van der Waals surface area contributed by atoms with E-state index in [1.54, 1.807) is 13.0 Å². The molecule has 8 heteroatoms. The molecule has 1 aromatic rings. The molecule has 8 nitrogen and oxygen atoms in total. The van der Waals surface area contributed by atoms with Crippen LogP contribution in [0.25, 0.3) is 0 Å². The van der Waals surface area contributed by atoms with E-state index in [0.29, 0.717) is 44.8 Å². The zero-order chi connectivity index (χ0) is 23.7. The summed E-state index contributed by atoms with van der Waals surface area (Å²) in [6.07, 6.45) is 9.85. The average molecular weight is 469 g/mol. The van der Waals surface area contributed by atoms with Gasteiger partial charge in [-0.2, -0.15) is 0 Å². The lowest BCUT2D eigenvalue weighted by Crippen LogP contribution is -2.52. The van der Waals surface area contributed by atoms with Crippen LogP contribution in [0.3, 0.4) is 0 Å². The Bertz CT molecular complexity index is 888. The van der Waals surface area contributed by atoms with Crippen LogP contribution >= 0.6 is 0 Å². The van der Waals surface area contributed by atoms with E-state index < -0.39 is 0 Å². The zero-order valence-electron chi connectivity index (χ0n) is 20.1. The first-order valence-electron chi connectivity index (χ1n) is 12.9. The fourth-order valence-corrected chi connectivity index (χ4v) is 7.29. The van der Waals surface area contributed by atoms with Crippen molar-refractivity contribution in [2.24, 2.45) is 23.2 Å². The number of carbonyl (C=O) groups excluding carboxylic acids is 3. The first-order chi connectivity index (χ1) is 16.4. The Balaban J connectivity index is 1.06. The van der Waals surface area contributed by atoms with Gasteiger partial charge < -0.3 is 19.9 Å². The number of esters is 1. The van der Waals surface area contributed by atoms with Gasteiger partial charge in [0.15, 0.2) is 0 Å². The molecule has 4 saturated carbocycles. The zero-order valence-corrected chi connectivity index (χ0v) is 20.1. The molecule has 1 saturated heterocycles. The van der Waals surface area contributed by atoms with Gasteiger partial charge in [-0.15, -0.1) is 0 Å². The fourth-order valence-electron chi connectivity index (χ4n) is 7.29. The minimum atomic E-state index is -0.373. The molecule has 5 fully saturated rings. The second kappa shape index (κ2) is 9.55. The summed E-state index contributed by atoms with van der Waals surface area (Å²) in [6, 6.07) is 3.53. The highest BCUT2D eigenvalue weighted by atomic mass is 16.5. The van der Waals surface area contributed by atoms with Crippen LogP contribution < -0.4 is 10.2 Å². The number of hydrogen-bond acceptors (Lipinski definition) is 6. The van der Waals surface area contributed by atoms with Gasteiger partial charge in [0.1, 0.15) is 5.82 Å². The number of anilines is 1. The number of hydrogen-bond donors (Lipinski definition) is 1. The quantitative estimate of drug-likeness (QED) is 0.619. The molecule has 0 spiro atoms. The molecule has 0 aromatic carbocycles. The largest absolute Gasteiger partial charge is 0.462 e. The van der Waals surface area contributed by atoms with E-state index in [9.17, 15) is 14.4 Å². The lowest BCUT2D eigenvalue weighted by molar-refractivity contribution is -0.135. The molecule has 4 aliphatic carbocycles. The van der Waals surface area contributed by atoms with Crippen LogP contribution in [0.15, 0.2) is 18.3 Å². The highest BCUT2D eigenvalue weighted by molar-refractivity contribution is 5.89. The maximum Gasteiger partial charge on any atom is 0.339 e. The Morgan fingerprint density at radius 3 is 2.24 bits per heavy atom. The van der Waals surface area contributed by atoms with Crippen molar-refractivity contribution < 1.29 is 19.1 Å². The topological polar surface area (TPSA) is 91.8 Å². The van der Waals surface area contributed by atoms with E-state index in [4.69, 9.17) is 4.74 Å². The molecule has 1 N–H and O–H groups in total. The number of aromatic nitrogens is 1. The van der Waals surface area contributed by atoms with Crippen LogP contribution in [0, 0.1) is 23.2 Å². The van der Waals surface area contributed by atoms with Crippen molar-refractivity contribution in [2.75, 3.05) is 44.2 Å². The predicted octanol–water partition coefficient (Wildman–Crippen LogP) is 2.63. The predicted molar refractivity (Wildman–Crippen MR) is 127 cm³/mol. The number of amides is 2. The third kappa shape index (κ3) is 4.91. The minimum Gasteiger partial charge on any atom is -0.462 e. The van der Waals surface area contributed by atoms with E-state index in [-0.39, 0.29) is 29.7 Å². The average Bonchev–Trinajstić information content (AvgIpc) is 2.82. The van der Waals surface area contributed by atoms with Gasteiger partial charge in [-0.05, 0) is 80.8 Å². The van der Waals surface area contributed by atoms with Gasteiger partial charge in [0.25, 0.3) is 0 Å². The number of carbonyl (C=O) groups is 3. The first kappa shape index (κ1) is 23.1. The van der Waals surface area contributed by atoms with Crippen LogP contribution in [0.2, 0.25) is 0 Å². The van der Waals surface area contributed by atoms with Crippen molar-refractivity contribution >= 4 is 23.6 Å². The van der Waals surface area contributed by atoms with Gasteiger partial charge >= 0.3 is 5.97 Å². The van der Waals surface area contributed by atoms with Crippen LogP contribution in [0.4, 0.5) is 5.82 Å². The number of pyridine rings is 1. The van der Waals surface area contributed by atoms with Crippen LogP contribution in [0.1, 0.15) is 62.2 Å². The van der Waals surface area contributed by atoms with Crippen molar-refractivity contribution in [3.05, 3.63) is 23.9 Å². The smallest absolute Gasteiger partial charge is 0.339 e.